The van der Waals surface area contributed by atoms with Crippen molar-refractivity contribution in [3.8, 4) is 0 Å². The fraction of sp³-hybridized carbons (Fsp3) is 0.667. The number of rotatable bonds is 2. The van der Waals surface area contributed by atoms with Crippen molar-refractivity contribution in [2.45, 2.75) is 53.9 Å². The first kappa shape index (κ1) is 15.2. The molecule has 0 atom stereocenters. The summed E-state index contributed by atoms with van der Waals surface area (Å²) in [7, 11) is 0. The number of aryl methyl sites for hydroxylation is 1. The van der Waals surface area contributed by atoms with Crippen LogP contribution in [0.5, 0.6) is 0 Å². The Bertz CT molecular complexity index is 140. The molecule has 1 aromatic heterocycles. The van der Waals surface area contributed by atoms with Gasteiger partial charge in [0.2, 0.25) is 0 Å². The van der Waals surface area contributed by atoms with Crippen LogP contribution < -0.4 is 0 Å². The summed E-state index contributed by atoms with van der Waals surface area (Å²) in [6.45, 7) is 10.5. The van der Waals surface area contributed by atoms with Gasteiger partial charge in [0.25, 0.3) is 0 Å². The minimum absolute atomic E-state index is 1.34. The van der Waals surface area contributed by atoms with Crippen LogP contribution >= 0.6 is 11.3 Å². The first-order valence-electron chi connectivity index (χ1n) is 5.31. The minimum atomic E-state index is 1.34. The Morgan fingerprint density at radius 1 is 1.15 bits per heavy atom. The van der Waals surface area contributed by atoms with Gasteiger partial charge in [0, 0.05) is 4.88 Å². The first-order valence-corrected chi connectivity index (χ1v) is 6.19. The van der Waals surface area contributed by atoms with Gasteiger partial charge in [-0.15, -0.1) is 11.3 Å². The standard InChI is InChI=1S/C5H6S.C5H12.C2H6/c1-5-3-2-4-6-5;1-3-5-4-2;1-2/h2-4H,1H3;3-5H2,1-2H3;1-2H3. The van der Waals surface area contributed by atoms with E-state index in [9.17, 15) is 0 Å². The molecule has 1 rings (SSSR count). The third kappa shape index (κ3) is 14.5. The molecule has 1 heterocycles. The monoisotopic (exact) mass is 200 g/mol. The van der Waals surface area contributed by atoms with Gasteiger partial charge < -0.3 is 0 Å². The Balaban J connectivity index is 0. The van der Waals surface area contributed by atoms with Crippen LogP contribution in [0.4, 0.5) is 0 Å². The van der Waals surface area contributed by atoms with Gasteiger partial charge in [-0.25, -0.2) is 0 Å². The highest BCUT2D eigenvalue weighted by Gasteiger charge is 1.74. The molecule has 0 saturated carbocycles. The predicted molar refractivity (Wildman–Crippen MR) is 65.6 cm³/mol. The average molecular weight is 200 g/mol. The molecule has 13 heavy (non-hydrogen) atoms. The summed E-state index contributed by atoms with van der Waals surface area (Å²) in [5.74, 6) is 0. The summed E-state index contributed by atoms with van der Waals surface area (Å²) < 4.78 is 0. The van der Waals surface area contributed by atoms with Crippen molar-refractivity contribution in [3.63, 3.8) is 0 Å². The van der Waals surface area contributed by atoms with Gasteiger partial charge in [-0.3, -0.25) is 0 Å². The molecular formula is C12H24S. The van der Waals surface area contributed by atoms with E-state index in [-0.39, 0.29) is 0 Å². The summed E-state index contributed by atoms with van der Waals surface area (Å²) in [6, 6.07) is 4.16. The highest BCUT2D eigenvalue weighted by molar-refractivity contribution is 7.09. The first-order chi connectivity index (χ1) is 6.31. The largest absolute Gasteiger partial charge is 0.149 e. The van der Waals surface area contributed by atoms with E-state index in [4.69, 9.17) is 0 Å². The lowest BCUT2D eigenvalue weighted by Gasteiger charge is -1.79. The molecule has 78 valence electrons. The molecule has 0 unspecified atom stereocenters. The third-order valence-corrected chi connectivity index (χ3v) is 2.17. The molecule has 0 amide bonds. The van der Waals surface area contributed by atoms with E-state index in [0.717, 1.165) is 0 Å². The van der Waals surface area contributed by atoms with E-state index in [2.05, 4.69) is 38.3 Å². The maximum absolute atomic E-state index is 2.21. The summed E-state index contributed by atoms with van der Waals surface area (Å²) in [6.07, 6.45) is 4.08. The van der Waals surface area contributed by atoms with E-state index in [0.29, 0.717) is 0 Å². The topological polar surface area (TPSA) is 0 Å². The Labute approximate surface area is 88.0 Å². The van der Waals surface area contributed by atoms with Crippen LogP contribution in [0, 0.1) is 6.92 Å². The van der Waals surface area contributed by atoms with Crippen LogP contribution in [0.2, 0.25) is 0 Å². The summed E-state index contributed by atoms with van der Waals surface area (Å²) in [5.41, 5.74) is 0. The van der Waals surface area contributed by atoms with Crippen molar-refractivity contribution >= 4 is 11.3 Å². The lowest BCUT2D eigenvalue weighted by Crippen LogP contribution is -1.59. The smallest absolute Gasteiger partial charge is 0.00141 e. The fourth-order valence-electron chi connectivity index (χ4n) is 0.714. The predicted octanol–water partition coefficient (Wildman–Crippen LogP) is 5.28. The van der Waals surface area contributed by atoms with E-state index < -0.39 is 0 Å². The number of unbranched alkanes of at least 4 members (excludes halogenated alkanes) is 2. The zero-order valence-corrected chi connectivity index (χ0v) is 10.6. The highest BCUT2D eigenvalue weighted by Crippen LogP contribution is 2.03. The molecule has 0 aromatic carbocycles. The summed E-state index contributed by atoms with van der Waals surface area (Å²) >= 11 is 1.78. The SMILES string of the molecule is CC.CCCCC.Cc1cccs1. The van der Waals surface area contributed by atoms with Crippen molar-refractivity contribution in [2.24, 2.45) is 0 Å². The number of hydrogen-bond acceptors (Lipinski definition) is 1. The molecule has 1 aromatic rings. The molecule has 0 nitrogen and oxygen atoms in total. The second-order valence-electron chi connectivity index (χ2n) is 2.58. The van der Waals surface area contributed by atoms with E-state index in [1.165, 1.54) is 24.1 Å². The normalized spacial score (nSPS) is 7.77. The number of hydrogen-bond donors (Lipinski definition) is 0. The molecule has 1 heteroatoms. The Hall–Kier alpha value is -0.300. The molecule has 0 bridgehead atoms. The molecule has 0 aliphatic carbocycles. The fourth-order valence-corrected chi connectivity index (χ4v) is 1.24. The van der Waals surface area contributed by atoms with Gasteiger partial charge in [0.1, 0.15) is 0 Å². The zero-order chi connectivity index (χ0) is 10.5. The zero-order valence-electron chi connectivity index (χ0n) is 9.76. The minimum Gasteiger partial charge on any atom is -0.149 e. The third-order valence-electron chi connectivity index (χ3n) is 1.37. The van der Waals surface area contributed by atoms with Crippen molar-refractivity contribution in [2.75, 3.05) is 0 Å². The molecule has 0 fully saturated rings. The molecule has 0 saturated heterocycles. The molecule has 0 radical (unpaired) electrons. The molecular weight excluding hydrogens is 176 g/mol. The van der Waals surface area contributed by atoms with Gasteiger partial charge in [-0.2, -0.15) is 0 Å². The van der Waals surface area contributed by atoms with Gasteiger partial charge in [0.05, 0.1) is 0 Å². The molecule has 0 aliphatic heterocycles. The van der Waals surface area contributed by atoms with E-state index in [1.54, 1.807) is 11.3 Å². The number of thiophene rings is 1. The van der Waals surface area contributed by atoms with Crippen molar-refractivity contribution < 1.29 is 0 Å². The Kier molecular flexibility index (Phi) is 16.6. The van der Waals surface area contributed by atoms with Gasteiger partial charge in [-0.1, -0.05) is 53.0 Å². The maximum atomic E-state index is 2.21. The quantitative estimate of drug-likeness (QED) is 0.609. The van der Waals surface area contributed by atoms with Crippen molar-refractivity contribution in [3.05, 3.63) is 22.4 Å². The lowest BCUT2D eigenvalue weighted by molar-refractivity contribution is 0.772. The van der Waals surface area contributed by atoms with E-state index >= 15 is 0 Å². The van der Waals surface area contributed by atoms with Gasteiger partial charge in [0.15, 0.2) is 0 Å². The van der Waals surface area contributed by atoms with Gasteiger partial charge in [-0.05, 0) is 18.4 Å². The second-order valence-corrected chi connectivity index (χ2v) is 3.73. The highest BCUT2D eigenvalue weighted by atomic mass is 32.1. The van der Waals surface area contributed by atoms with Crippen molar-refractivity contribution in [1.29, 1.82) is 0 Å². The van der Waals surface area contributed by atoms with Crippen LogP contribution in [0.25, 0.3) is 0 Å². The van der Waals surface area contributed by atoms with Crippen LogP contribution in [0.1, 0.15) is 51.8 Å². The average Bonchev–Trinajstić information content (AvgIpc) is 2.62. The maximum Gasteiger partial charge on any atom is 0.00141 e. The van der Waals surface area contributed by atoms with Crippen LogP contribution in [-0.4, -0.2) is 0 Å². The van der Waals surface area contributed by atoms with Crippen LogP contribution in [0.3, 0.4) is 0 Å². The second kappa shape index (κ2) is 14.2. The summed E-state index contributed by atoms with van der Waals surface area (Å²) in [4.78, 5) is 1.38. The molecule has 0 N–H and O–H groups in total. The molecule has 0 aliphatic rings. The van der Waals surface area contributed by atoms with Gasteiger partial charge >= 0.3 is 0 Å². The van der Waals surface area contributed by atoms with Crippen molar-refractivity contribution in [1.82, 2.24) is 0 Å². The lowest BCUT2D eigenvalue weighted by atomic mass is 10.3. The summed E-state index contributed by atoms with van der Waals surface area (Å²) in [5, 5.41) is 2.08. The van der Waals surface area contributed by atoms with E-state index in [1.807, 2.05) is 13.8 Å². The van der Waals surface area contributed by atoms with Crippen LogP contribution in [0.15, 0.2) is 17.5 Å². The molecule has 0 spiro atoms. The van der Waals surface area contributed by atoms with Crippen LogP contribution in [-0.2, 0) is 0 Å². The Morgan fingerprint density at radius 3 is 1.77 bits per heavy atom. The Morgan fingerprint density at radius 2 is 1.69 bits per heavy atom.